The Labute approximate surface area is 190 Å². The van der Waals surface area contributed by atoms with Crippen LogP contribution in [0.25, 0.3) is 0 Å². The molecule has 3 rings (SSSR count). The molecule has 6 nitrogen and oxygen atoms in total. The van der Waals surface area contributed by atoms with E-state index in [9.17, 15) is 9.59 Å². The molecule has 3 aromatic rings. The predicted octanol–water partition coefficient (Wildman–Crippen LogP) is 5.02. The first-order chi connectivity index (χ1) is 15.2. The number of hydrogen-bond acceptors (Lipinski definition) is 3. The van der Waals surface area contributed by atoms with E-state index >= 15 is 0 Å². The maximum Gasteiger partial charge on any atom is 0.287 e. The van der Waals surface area contributed by atoms with E-state index in [2.05, 4.69) is 16.8 Å². The van der Waals surface area contributed by atoms with Crippen LogP contribution >= 0.6 is 0 Å². The van der Waals surface area contributed by atoms with E-state index in [1.807, 2.05) is 81.3 Å². The standard InChI is InChI=1S/C26H33N3O3/c1-6-15-29(25(31)20-11-9-19(2)10-12-20)17-21-8-7-16-28(21)18-22-13-14-23(32-22)24(30)27-26(3,4)5/h7-14,16H,6,15,17-18H2,1-5H3,(H,27,30). The molecule has 0 saturated heterocycles. The Bertz CT molecular complexity index is 1050. The van der Waals surface area contributed by atoms with Gasteiger partial charge in [-0.2, -0.15) is 0 Å². The van der Waals surface area contributed by atoms with Crippen LogP contribution in [0.15, 0.2) is 59.1 Å². The molecule has 0 fully saturated rings. The highest BCUT2D eigenvalue weighted by Crippen LogP contribution is 2.16. The molecule has 170 valence electrons. The summed E-state index contributed by atoms with van der Waals surface area (Å²) in [4.78, 5) is 27.3. The van der Waals surface area contributed by atoms with Crippen LogP contribution in [0.3, 0.4) is 0 Å². The normalized spacial score (nSPS) is 11.4. The fourth-order valence-corrected chi connectivity index (χ4v) is 3.50. The zero-order valence-electron chi connectivity index (χ0n) is 19.6. The van der Waals surface area contributed by atoms with Gasteiger partial charge in [0.15, 0.2) is 5.76 Å². The number of furan rings is 1. The highest BCUT2D eigenvalue weighted by atomic mass is 16.4. The summed E-state index contributed by atoms with van der Waals surface area (Å²) in [5, 5.41) is 2.91. The van der Waals surface area contributed by atoms with Gasteiger partial charge in [0.05, 0.1) is 13.1 Å². The second-order valence-electron chi connectivity index (χ2n) is 9.19. The van der Waals surface area contributed by atoms with Gasteiger partial charge in [0.25, 0.3) is 11.8 Å². The Morgan fingerprint density at radius 2 is 1.78 bits per heavy atom. The van der Waals surface area contributed by atoms with E-state index < -0.39 is 0 Å². The van der Waals surface area contributed by atoms with E-state index in [0.29, 0.717) is 36.7 Å². The van der Waals surface area contributed by atoms with E-state index in [1.165, 1.54) is 0 Å². The van der Waals surface area contributed by atoms with E-state index in [4.69, 9.17) is 4.42 Å². The van der Waals surface area contributed by atoms with Gasteiger partial charge < -0.3 is 19.2 Å². The third-order valence-corrected chi connectivity index (χ3v) is 5.06. The quantitative estimate of drug-likeness (QED) is 0.540. The highest BCUT2D eigenvalue weighted by Gasteiger charge is 2.20. The minimum absolute atomic E-state index is 0.0266. The molecule has 32 heavy (non-hydrogen) atoms. The van der Waals surface area contributed by atoms with Crippen molar-refractivity contribution in [3.63, 3.8) is 0 Å². The first kappa shape index (κ1) is 23.4. The Morgan fingerprint density at radius 1 is 1.06 bits per heavy atom. The van der Waals surface area contributed by atoms with Gasteiger partial charge in [0, 0.05) is 29.5 Å². The van der Waals surface area contributed by atoms with Gasteiger partial charge >= 0.3 is 0 Å². The number of hydrogen-bond donors (Lipinski definition) is 1. The molecular formula is C26H33N3O3. The summed E-state index contributed by atoms with van der Waals surface area (Å²) in [6.45, 7) is 11.5. The number of nitrogens with one attached hydrogen (secondary N) is 1. The Balaban J connectivity index is 1.72. The van der Waals surface area contributed by atoms with Crippen LogP contribution in [-0.4, -0.2) is 33.4 Å². The van der Waals surface area contributed by atoms with Crippen molar-refractivity contribution in [2.75, 3.05) is 6.54 Å². The van der Waals surface area contributed by atoms with Gasteiger partial charge in [0.2, 0.25) is 0 Å². The van der Waals surface area contributed by atoms with Crippen molar-refractivity contribution in [3.8, 4) is 0 Å². The van der Waals surface area contributed by atoms with Crippen molar-refractivity contribution in [1.29, 1.82) is 0 Å². The van der Waals surface area contributed by atoms with Crippen LogP contribution in [0, 0.1) is 6.92 Å². The average molecular weight is 436 g/mol. The molecule has 6 heteroatoms. The van der Waals surface area contributed by atoms with Crippen molar-refractivity contribution < 1.29 is 14.0 Å². The zero-order chi connectivity index (χ0) is 23.3. The van der Waals surface area contributed by atoms with Gasteiger partial charge in [-0.15, -0.1) is 0 Å². The maximum atomic E-state index is 13.1. The fraction of sp³-hybridized carbons (Fsp3) is 0.385. The van der Waals surface area contributed by atoms with Gasteiger partial charge in [-0.3, -0.25) is 9.59 Å². The third-order valence-electron chi connectivity index (χ3n) is 5.06. The summed E-state index contributed by atoms with van der Waals surface area (Å²) in [6.07, 6.45) is 2.84. The third kappa shape index (κ3) is 6.13. The number of amides is 2. The van der Waals surface area contributed by atoms with Gasteiger partial charge in [-0.25, -0.2) is 0 Å². The zero-order valence-corrected chi connectivity index (χ0v) is 19.6. The fourth-order valence-electron chi connectivity index (χ4n) is 3.50. The summed E-state index contributed by atoms with van der Waals surface area (Å²) >= 11 is 0. The second-order valence-corrected chi connectivity index (χ2v) is 9.19. The molecule has 2 amide bonds. The summed E-state index contributed by atoms with van der Waals surface area (Å²) in [6, 6.07) is 15.2. The molecule has 0 aliphatic heterocycles. The first-order valence-corrected chi connectivity index (χ1v) is 11.1. The maximum absolute atomic E-state index is 13.1. The molecule has 1 aromatic carbocycles. The molecular weight excluding hydrogens is 402 g/mol. The number of aryl methyl sites for hydroxylation is 1. The van der Waals surface area contributed by atoms with E-state index in [0.717, 1.165) is 17.7 Å². The van der Waals surface area contributed by atoms with Crippen molar-refractivity contribution in [3.05, 3.63) is 83.1 Å². The van der Waals surface area contributed by atoms with E-state index in [-0.39, 0.29) is 17.4 Å². The Hall–Kier alpha value is -3.28. The molecule has 0 radical (unpaired) electrons. The van der Waals surface area contributed by atoms with Gasteiger partial charge in [0.1, 0.15) is 5.76 Å². The summed E-state index contributed by atoms with van der Waals surface area (Å²) in [5.41, 5.74) is 2.51. The van der Waals surface area contributed by atoms with Crippen LogP contribution in [0.5, 0.6) is 0 Å². The predicted molar refractivity (Wildman–Crippen MR) is 126 cm³/mol. The van der Waals surface area contributed by atoms with Crippen LogP contribution in [0.4, 0.5) is 0 Å². The lowest BCUT2D eigenvalue weighted by Gasteiger charge is -2.23. The molecule has 2 aromatic heterocycles. The number of carbonyl (C=O) groups excluding carboxylic acids is 2. The molecule has 0 atom stereocenters. The van der Waals surface area contributed by atoms with Crippen molar-refractivity contribution in [2.24, 2.45) is 0 Å². The molecule has 0 spiro atoms. The summed E-state index contributed by atoms with van der Waals surface area (Å²) in [5.74, 6) is 0.784. The summed E-state index contributed by atoms with van der Waals surface area (Å²) in [7, 11) is 0. The molecule has 0 saturated carbocycles. The summed E-state index contributed by atoms with van der Waals surface area (Å²) < 4.78 is 7.84. The van der Waals surface area contributed by atoms with Crippen LogP contribution in [0.1, 0.15) is 72.0 Å². The first-order valence-electron chi connectivity index (χ1n) is 11.1. The Morgan fingerprint density at radius 3 is 2.44 bits per heavy atom. The van der Waals surface area contributed by atoms with Crippen molar-refractivity contribution in [1.82, 2.24) is 14.8 Å². The number of aromatic nitrogens is 1. The number of benzene rings is 1. The van der Waals surface area contributed by atoms with Gasteiger partial charge in [-0.05, 0) is 70.5 Å². The molecule has 0 bridgehead atoms. The second kappa shape index (κ2) is 9.90. The van der Waals surface area contributed by atoms with Crippen molar-refractivity contribution >= 4 is 11.8 Å². The highest BCUT2D eigenvalue weighted by molar-refractivity contribution is 5.94. The number of nitrogens with zero attached hydrogens (tertiary/aromatic N) is 2. The number of rotatable bonds is 8. The topological polar surface area (TPSA) is 67.5 Å². The molecule has 0 aliphatic carbocycles. The van der Waals surface area contributed by atoms with E-state index in [1.54, 1.807) is 6.07 Å². The smallest absolute Gasteiger partial charge is 0.287 e. The molecule has 0 unspecified atom stereocenters. The molecule has 0 aliphatic rings. The Kier molecular flexibility index (Phi) is 7.23. The van der Waals surface area contributed by atoms with Gasteiger partial charge in [-0.1, -0.05) is 24.6 Å². The average Bonchev–Trinajstić information content (AvgIpc) is 3.37. The lowest BCUT2D eigenvalue weighted by molar-refractivity contribution is 0.0739. The molecule has 1 N–H and O–H groups in total. The lowest BCUT2D eigenvalue weighted by Crippen LogP contribution is -2.40. The minimum atomic E-state index is -0.329. The molecule has 2 heterocycles. The lowest BCUT2D eigenvalue weighted by atomic mass is 10.1. The SMILES string of the molecule is CCCN(Cc1cccn1Cc1ccc(C(=O)NC(C)(C)C)o1)C(=O)c1ccc(C)cc1. The largest absolute Gasteiger partial charge is 0.454 e. The monoisotopic (exact) mass is 435 g/mol. The minimum Gasteiger partial charge on any atom is -0.454 e. The van der Waals surface area contributed by atoms with Crippen LogP contribution < -0.4 is 5.32 Å². The van der Waals surface area contributed by atoms with Crippen molar-refractivity contribution in [2.45, 2.75) is 59.7 Å². The van der Waals surface area contributed by atoms with Crippen LogP contribution in [0.2, 0.25) is 0 Å². The van der Waals surface area contributed by atoms with Crippen LogP contribution in [-0.2, 0) is 13.1 Å². The number of carbonyl (C=O) groups is 2.